The highest BCUT2D eigenvalue weighted by Crippen LogP contribution is 2.59. The van der Waals surface area contributed by atoms with Gasteiger partial charge in [0.2, 0.25) is 0 Å². The van der Waals surface area contributed by atoms with E-state index in [1.54, 1.807) is 6.08 Å². The van der Waals surface area contributed by atoms with E-state index in [4.69, 9.17) is 0 Å². The number of hydrogen-bond acceptors (Lipinski definition) is 2. The first-order valence-corrected chi connectivity index (χ1v) is 7.97. The van der Waals surface area contributed by atoms with E-state index >= 15 is 0 Å². The molecule has 0 atom stereocenters. The molecule has 5 heteroatoms. The van der Waals surface area contributed by atoms with Crippen molar-refractivity contribution in [3.63, 3.8) is 0 Å². The van der Waals surface area contributed by atoms with Crippen molar-refractivity contribution >= 4 is 19.0 Å². The maximum Gasteiger partial charge on any atom is 0.322 e. The molecule has 1 aromatic rings. The Morgan fingerprint density at radius 3 is 2.11 bits per heavy atom. The second kappa shape index (κ2) is 5.15. The summed E-state index contributed by atoms with van der Waals surface area (Å²) in [6, 6.07) is 5.41. The predicted molar refractivity (Wildman–Crippen MR) is 69.5 cm³/mol. The Hall–Kier alpha value is -1.28. The molecule has 0 aliphatic rings. The molecule has 0 spiro atoms. The van der Waals surface area contributed by atoms with Crippen LogP contribution in [-0.4, -0.2) is 19.1 Å². The van der Waals surface area contributed by atoms with Gasteiger partial charge in [0, 0.05) is 5.56 Å². The monoisotopic (exact) mass is 272 g/mol. The highest BCUT2D eigenvalue weighted by molar-refractivity contribution is 7.63. The summed E-state index contributed by atoms with van der Waals surface area (Å²) in [5, 5.41) is 0. The normalized spacial score (nSPS) is 12.9. The van der Waals surface area contributed by atoms with E-state index in [-0.39, 0.29) is 11.3 Å². The minimum Gasteiger partial charge on any atom is -0.317 e. The van der Waals surface area contributed by atoms with Crippen molar-refractivity contribution in [2.24, 2.45) is 0 Å². The van der Waals surface area contributed by atoms with Gasteiger partial charge in [0.05, 0.1) is 0 Å². The topological polar surface area (TPSA) is 34.1 Å². The lowest BCUT2D eigenvalue weighted by molar-refractivity contribution is -0.112. The minimum absolute atomic E-state index is 0.115. The predicted octanol–water partition coefficient (Wildman–Crippen LogP) is 3.96. The van der Waals surface area contributed by atoms with Crippen LogP contribution in [0.2, 0.25) is 0 Å². The number of allylic oxidation sites excluding steroid dienone is 1. The fourth-order valence-corrected chi connectivity index (χ4v) is 2.09. The van der Waals surface area contributed by atoms with E-state index < -0.39 is 12.8 Å². The molecule has 1 aromatic carbocycles. The first kappa shape index (κ1) is 14.8. The van der Waals surface area contributed by atoms with Crippen LogP contribution in [0.15, 0.2) is 30.3 Å². The van der Waals surface area contributed by atoms with E-state index in [1.807, 2.05) is 0 Å². The van der Waals surface area contributed by atoms with Gasteiger partial charge >= 0.3 is 5.66 Å². The summed E-state index contributed by atoms with van der Waals surface area (Å²) in [6.45, 7) is 3.54. The molecule has 2 nitrogen and oxygen atoms in total. The van der Waals surface area contributed by atoms with E-state index in [9.17, 15) is 18.1 Å². The van der Waals surface area contributed by atoms with Crippen LogP contribution in [0.4, 0.5) is 8.78 Å². The maximum atomic E-state index is 13.8. The lowest BCUT2D eigenvalue weighted by Gasteiger charge is -2.21. The first-order chi connectivity index (χ1) is 8.14. The fraction of sp³-hybridized carbons (Fsp3) is 0.308. The Labute approximate surface area is 105 Å². The van der Waals surface area contributed by atoms with Gasteiger partial charge in [-0.1, -0.05) is 30.3 Å². The third-order valence-electron chi connectivity index (χ3n) is 2.44. The zero-order chi connectivity index (χ0) is 14.0. The summed E-state index contributed by atoms with van der Waals surface area (Å²) in [5.41, 5.74) is -2.95. The van der Waals surface area contributed by atoms with Crippen molar-refractivity contribution in [2.75, 3.05) is 13.3 Å². The highest BCUT2D eigenvalue weighted by atomic mass is 31.2. The molecule has 0 aliphatic heterocycles. The number of carbonyl (C=O) groups is 1. The molecule has 0 saturated carbocycles. The van der Waals surface area contributed by atoms with E-state index in [0.717, 1.165) is 13.3 Å². The van der Waals surface area contributed by atoms with Gasteiger partial charge in [-0.25, -0.2) is 0 Å². The van der Waals surface area contributed by atoms with Gasteiger partial charge in [0.25, 0.3) is 0 Å². The van der Waals surface area contributed by atoms with E-state index in [2.05, 4.69) is 0 Å². The smallest absolute Gasteiger partial charge is 0.317 e. The second-order valence-electron chi connectivity index (χ2n) is 4.46. The molecule has 0 radical (unpaired) electrons. The molecular formula is C13H15F2O2P. The molecule has 0 aliphatic carbocycles. The molecule has 0 amide bonds. The molecule has 0 unspecified atom stereocenters. The molecule has 0 fully saturated rings. The third-order valence-corrected chi connectivity index (χ3v) is 4.06. The van der Waals surface area contributed by atoms with Crippen molar-refractivity contribution < 1.29 is 18.1 Å². The second-order valence-corrected chi connectivity index (χ2v) is 7.72. The summed E-state index contributed by atoms with van der Waals surface area (Å²) in [6.07, 6.45) is 2.90. The van der Waals surface area contributed by atoms with E-state index in [1.165, 1.54) is 37.3 Å². The third kappa shape index (κ3) is 3.36. The summed E-state index contributed by atoms with van der Waals surface area (Å²) < 4.78 is 39.1. The Morgan fingerprint density at radius 1 is 1.22 bits per heavy atom. The number of rotatable bonds is 4. The molecule has 0 N–H and O–H groups in total. The van der Waals surface area contributed by atoms with Gasteiger partial charge in [-0.05, 0) is 31.9 Å². The van der Waals surface area contributed by atoms with Gasteiger partial charge in [0.15, 0.2) is 12.9 Å². The Kier molecular flexibility index (Phi) is 4.23. The lowest BCUT2D eigenvalue weighted by atomic mass is 10.1. The molecule has 18 heavy (non-hydrogen) atoms. The van der Waals surface area contributed by atoms with Gasteiger partial charge in [-0.2, -0.15) is 8.78 Å². The lowest BCUT2D eigenvalue weighted by Crippen LogP contribution is -2.12. The van der Waals surface area contributed by atoms with Gasteiger partial charge in [-0.3, -0.25) is 4.79 Å². The van der Waals surface area contributed by atoms with Gasteiger partial charge in [-0.15, -0.1) is 0 Å². The van der Waals surface area contributed by atoms with Crippen LogP contribution in [0.5, 0.6) is 0 Å². The van der Waals surface area contributed by atoms with E-state index in [0.29, 0.717) is 5.56 Å². The van der Waals surface area contributed by atoms with Crippen LogP contribution in [0, 0.1) is 0 Å². The Morgan fingerprint density at radius 2 is 1.72 bits per heavy atom. The quantitative estimate of drug-likeness (QED) is 0.614. The molecule has 98 valence electrons. The molecule has 0 saturated heterocycles. The van der Waals surface area contributed by atoms with Crippen molar-refractivity contribution in [2.45, 2.75) is 12.6 Å². The van der Waals surface area contributed by atoms with Crippen molar-refractivity contribution in [1.82, 2.24) is 0 Å². The van der Waals surface area contributed by atoms with Gasteiger partial charge < -0.3 is 4.57 Å². The standard InChI is InChI=1S/C13H15F2O2P/c1-10(16)4-5-11-6-8-12(9-7-11)13(14,15)18(2,3)17/h4-9H,1-3H3/b5-4+. The zero-order valence-electron chi connectivity index (χ0n) is 10.5. The first-order valence-electron chi connectivity index (χ1n) is 5.36. The number of hydrogen-bond donors (Lipinski definition) is 0. The molecule has 0 aromatic heterocycles. The van der Waals surface area contributed by atoms with Crippen molar-refractivity contribution in [1.29, 1.82) is 0 Å². The van der Waals surface area contributed by atoms with Crippen LogP contribution in [-0.2, 0) is 15.0 Å². The van der Waals surface area contributed by atoms with Crippen LogP contribution in [0.1, 0.15) is 18.1 Å². The number of carbonyl (C=O) groups excluding carboxylic acids is 1. The minimum atomic E-state index is -3.54. The summed E-state index contributed by atoms with van der Waals surface area (Å²) in [7, 11) is -3.54. The summed E-state index contributed by atoms with van der Waals surface area (Å²) in [5.74, 6) is -0.115. The maximum absolute atomic E-state index is 13.8. The summed E-state index contributed by atoms with van der Waals surface area (Å²) >= 11 is 0. The highest BCUT2D eigenvalue weighted by Gasteiger charge is 2.44. The molecule has 0 bridgehead atoms. The molecular weight excluding hydrogens is 257 g/mol. The average Bonchev–Trinajstić information content (AvgIpc) is 2.25. The number of alkyl halides is 2. The summed E-state index contributed by atoms with van der Waals surface area (Å²) in [4.78, 5) is 10.7. The van der Waals surface area contributed by atoms with Crippen LogP contribution in [0.25, 0.3) is 6.08 Å². The average molecular weight is 272 g/mol. The Bertz CT molecular complexity index is 512. The van der Waals surface area contributed by atoms with Crippen LogP contribution < -0.4 is 0 Å². The van der Waals surface area contributed by atoms with Gasteiger partial charge in [0.1, 0.15) is 0 Å². The molecule has 0 heterocycles. The number of ketones is 1. The fourth-order valence-electron chi connectivity index (χ4n) is 1.32. The van der Waals surface area contributed by atoms with Crippen molar-refractivity contribution in [3.05, 3.63) is 41.5 Å². The van der Waals surface area contributed by atoms with Crippen molar-refractivity contribution in [3.8, 4) is 0 Å². The SMILES string of the molecule is CC(=O)/C=C/c1ccc(C(F)(F)P(C)(C)=O)cc1. The van der Waals surface area contributed by atoms with Crippen LogP contribution >= 0.6 is 7.14 Å². The Balaban J connectivity index is 3.03. The number of benzene rings is 1. The molecule has 1 rings (SSSR count). The largest absolute Gasteiger partial charge is 0.322 e. The number of halogens is 2. The van der Waals surface area contributed by atoms with Crippen LogP contribution in [0.3, 0.4) is 0 Å². The zero-order valence-corrected chi connectivity index (χ0v) is 11.4.